The van der Waals surface area contributed by atoms with Crippen LogP contribution < -0.4 is 11.5 Å². The summed E-state index contributed by atoms with van der Waals surface area (Å²) in [5.74, 6) is 0. The van der Waals surface area contributed by atoms with E-state index >= 15 is 0 Å². The van der Waals surface area contributed by atoms with Crippen LogP contribution in [-0.4, -0.2) is 0 Å². The number of fused-ring (bicyclic) bond motifs is 3. The summed E-state index contributed by atoms with van der Waals surface area (Å²) in [7, 11) is 0. The van der Waals surface area contributed by atoms with Crippen molar-refractivity contribution in [1.82, 2.24) is 0 Å². The smallest absolute Gasteiger partial charge is 0.0754 e. The number of anilines is 2. The van der Waals surface area contributed by atoms with E-state index in [1.165, 1.54) is 11.1 Å². The molecule has 8 aromatic rings. The Morgan fingerprint density at radius 2 is 0.569 bits per heavy atom. The van der Waals surface area contributed by atoms with Crippen LogP contribution in [0.3, 0.4) is 0 Å². The lowest BCUT2D eigenvalue weighted by Gasteiger charge is -2.37. The molecule has 0 heterocycles. The van der Waals surface area contributed by atoms with E-state index in [1.807, 2.05) is 12.1 Å². The quantitative estimate of drug-likeness (QED) is 0.176. The average molecular weight is 653 g/mol. The summed E-state index contributed by atoms with van der Waals surface area (Å²) < 4.78 is 0. The van der Waals surface area contributed by atoms with Gasteiger partial charge < -0.3 is 11.5 Å². The monoisotopic (exact) mass is 652 g/mol. The highest BCUT2D eigenvalue weighted by atomic mass is 14.7. The van der Waals surface area contributed by atoms with Gasteiger partial charge in [0.2, 0.25) is 0 Å². The third-order valence-corrected chi connectivity index (χ3v) is 10.5. The van der Waals surface area contributed by atoms with Crippen molar-refractivity contribution < 1.29 is 0 Å². The van der Waals surface area contributed by atoms with E-state index in [0.717, 1.165) is 78.1 Å². The van der Waals surface area contributed by atoms with Crippen molar-refractivity contribution in [1.29, 1.82) is 0 Å². The minimum absolute atomic E-state index is 0.734. The van der Waals surface area contributed by atoms with Crippen LogP contribution in [0.5, 0.6) is 0 Å². The van der Waals surface area contributed by atoms with Crippen molar-refractivity contribution in [2.24, 2.45) is 0 Å². The molecule has 0 amide bonds. The third kappa shape index (κ3) is 4.87. The zero-order valence-electron chi connectivity index (χ0n) is 28.1. The van der Waals surface area contributed by atoms with Gasteiger partial charge in [0, 0.05) is 22.5 Å². The first-order chi connectivity index (χ1) is 25.1. The second kappa shape index (κ2) is 12.4. The molecule has 1 aliphatic rings. The van der Waals surface area contributed by atoms with E-state index in [0.29, 0.717) is 0 Å². The molecule has 242 valence electrons. The van der Waals surface area contributed by atoms with Gasteiger partial charge in [0.15, 0.2) is 0 Å². The summed E-state index contributed by atoms with van der Waals surface area (Å²) in [6.07, 6.45) is 0. The minimum Gasteiger partial charge on any atom is -0.398 e. The second-order valence-corrected chi connectivity index (χ2v) is 13.3. The third-order valence-electron chi connectivity index (χ3n) is 10.5. The molecule has 4 N–H and O–H groups in total. The molecule has 0 saturated heterocycles. The molecule has 2 heteroatoms. The summed E-state index contributed by atoms with van der Waals surface area (Å²) in [5, 5.41) is 0. The van der Waals surface area contributed by atoms with Crippen molar-refractivity contribution in [2.45, 2.75) is 5.41 Å². The molecule has 0 saturated carbocycles. The number of benzene rings is 8. The van der Waals surface area contributed by atoms with E-state index in [4.69, 9.17) is 11.5 Å². The predicted molar refractivity (Wildman–Crippen MR) is 214 cm³/mol. The van der Waals surface area contributed by atoms with Crippen molar-refractivity contribution in [3.05, 3.63) is 216 Å². The zero-order valence-corrected chi connectivity index (χ0v) is 28.1. The van der Waals surface area contributed by atoms with E-state index in [1.54, 1.807) is 0 Å². The van der Waals surface area contributed by atoms with Crippen molar-refractivity contribution in [2.75, 3.05) is 11.5 Å². The maximum absolute atomic E-state index is 7.59. The normalized spacial score (nSPS) is 12.6. The minimum atomic E-state index is -0.843. The average Bonchev–Trinajstić information content (AvgIpc) is 3.50. The van der Waals surface area contributed by atoms with E-state index in [-0.39, 0.29) is 0 Å². The molecule has 0 unspecified atom stereocenters. The van der Waals surface area contributed by atoms with Crippen LogP contribution in [-0.2, 0) is 5.41 Å². The van der Waals surface area contributed by atoms with Gasteiger partial charge in [0.1, 0.15) is 0 Å². The van der Waals surface area contributed by atoms with Gasteiger partial charge in [-0.25, -0.2) is 0 Å². The largest absolute Gasteiger partial charge is 0.398 e. The topological polar surface area (TPSA) is 52.0 Å². The molecular weight excluding hydrogens is 617 g/mol. The Labute approximate surface area is 299 Å². The van der Waals surface area contributed by atoms with Crippen LogP contribution >= 0.6 is 0 Å². The molecule has 9 rings (SSSR count). The fourth-order valence-electron chi connectivity index (χ4n) is 8.20. The van der Waals surface area contributed by atoms with Crippen LogP contribution in [0, 0.1) is 0 Å². The maximum Gasteiger partial charge on any atom is 0.0754 e. The van der Waals surface area contributed by atoms with E-state index in [2.05, 4.69) is 182 Å². The lowest BCUT2D eigenvalue weighted by Crippen LogP contribution is -2.31. The van der Waals surface area contributed by atoms with Crippen molar-refractivity contribution in [3.8, 4) is 55.6 Å². The molecule has 0 aliphatic heterocycles. The first-order valence-electron chi connectivity index (χ1n) is 17.4. The SMILES string of the molecule is Nc1c(-c2ccccc2)cc(-c2ccccc2)cc1C1(c2cc(-c3ccccc3)cc(-c3ccccc3)c2N)c2ccccc2-c2ccccc21. The Morgan fingerprint density at radius 1 is 0.255 bits per heavy atom. The molecule has 1 aliphatic carbocycles. The van der Waals surface area contributed by atoms with Gasteiger partial charge in [-0.3, -0.25) is 0 Å². The summed E-state index contributed by atoms with van der Waals surface area (Å²) in [6.45, 7) is 0. The van der Waals surface area contributed by atoms with Gasteiger partial charge in [-0.2, -0.15) is 0 Å². The number of hydrogen-bond acceptors (Lipinski definition) is 2. The Morgan fingerprint density at radius 3 is 0.941 bits per heavy atom. The summed E-state index contributed by atoms with van der Waals surface area (Å²) in [5.41, 5.74) is 31.1. The van der Waals surface area contributed by atoms with Crippen LogP contribution in [0.2, 0.25) is 0 Å². The number of nitrogens with two attached hydrogens (primary N) is 2. The predicted octanol–water partition coefficient (Wildman–Crippen LogP) is 11.9. The highest BCUT2D eigenvalue weighted by Crippen LogP contribution is 2.60. The van der Waals surface area contributed by atoms with Crippen molar-refractivity contribution in [3.63, 3.8) is 0 Å². The lowest BCUT2D eigenvalue weighted by atomic mass is 9.65. The Hall–Kier alpha value is -6.64. The van der Waals surface area contributed by atoms with Gasteiger partial charge >= 0.3 is 0 Å². The van der Waals surface area contributed by atoms with Gasteiger partial charge in [-0.15, -0.1) is 0 Å². The number of nitrogen functional groups attached to an aromatic ring is 2. The highest BCUT2D eigenvalue weighted by Gasteiger charge is 2.49. The van der Waals surface area contributed by atoms with Crippen LogP contribution in [0.1, 0.15) is 22.3 Å². The first kappa shape index (κ1) is 30.4. The van der Waals surface area contributed by atoms with Crippen LogP contribution in [0.4, 0.5) is 11.4 Å². The molecule has 0 aromatic heterocycles. The molecule has 51 heavy (non-hydrogen) atoms. The standard InChI is InChI=1S/C49H36N2/c50-47-41(35-21-9-3-10-22-35)29-37(33-17-5-1-6-18-33)31-45(47)49(43-27-15-13-25-39(43)40-26-14-16-28-44(40)49)46-32-38(34-19-7-2-8-20-34)30-42(48(46)51)36-23-11-4-12-24-36/h1-32H,50-51H2. The highest BCUT2D eigenvalue weighted by molar-refractivity contribution is 5.96. The zero-order chi connectivity index (χ0) is 34.4. The Balaban J connectivity index is 1.48. The number of rotatable bonds is 6. The van der Waals surface area contributed by atoms with Crippen molar-refractivity contribution >= 4 is 11.4 Å². The molecule has 2 nitrogen and oxygen atoms in total. The maximum atomic E-state index is 7.59. The fraction of sp³-hybridized carbons (Fsp3) is 0.0204. The molecule has 8 aromatic carbocycles. The molecule has 0 fully saturated rings. The first-order valence-corrected chi connectivity index (χ1v) is 17.4. The molecule has 0 radical (unpaired) electrons. The second-order valence-electron chi connectivity index (χ2n) is 13.3. The molecule has 0 spiro atoms. The van der Waals surface area contributed by atoms with Gasteiger partial charge in [-0.05, 0) is 91.0 Å². The molecule has 0 bridgehead atoms. The Bertz CT molecular complexity index is 2340. The van der Waals surface area contributed by atoms with Gasteiger partial charge in [-0.1, -0.05) is 170 Å². The van der Waals surface area contributed by atoms with Gasteiger partial charge in [0.25, 0.3) is 0 Å². The molecule has 0 atom stereocenters. The summed E-state index contributed by atoms with van der Waals surface area (Å²) in [6, 6.07) is 68.8. The van der Waals surface area contributed by atoms with E-state index in [9.17, 15) is 0 Å². The van der Waals surface area contributed by atoms with E-state index < -0.39 is 5.41 Å². The van der Waals surface area contributed by atoms with Gasteiger partial charge in [0.05, 0.1) is 5.41 Å². The fourth-order valence-corrected chi connectivity index (χ4v) is 8.20. The molecular formula is C49H36N2. The lowest BCUT2D eigenvalue weighted by molar-refractivity contribution is 0.775. The van der Waals surface area contributed by atoms with Crippen LogP contribution in [0.15, 0.2) is 194 Å². The summed E-state index contributed by atoms with van der Waals surface area (Å²) >= 11 is 0. The summed E-state index contributed by atoms with van der Waals surface area (Å²) in [4.78, 5) is 0. The van der Waals surface area contributed by atoms with Crippen LogP contribution in [0.25, 0.3) is 55.6 Å². The number of hydrogen-bond donors (Lipinski definition) is 2. The Kier molecular flexibility index (Phi) is 7.37.